The maximum absolute atomic E-state index is 12.6. The standard InChI is InChI=1S/C22H22N2O5/c1-3-29-22(28)15-7-9-19(10-8-15)24-13-17(12-20(24)26)21(27)23-18-6-4-5-16(11-18)14(2)25/h4-11,17H,3,12-13H2,1-2H3,(H,23,27). The molecular weight excluding hydrogens is 372 g/mol. The van der Waals surface area contributed by atoms with Crippen LogP contribution in [0.5, 0.6) is 0 Å². The van der Waals surface area contributed by atoms with E-state index in [1.807, 2.05) is 0 Å². The van der Waals surface area contributed by atoms with Crippen molar-refractivity contribution in [3.05, 3.63) is 59.7 Å². The summed E-state index contributed by atoms with van der Waals surface area (Å²) in [6.45, 7) is 3.73. The smallest absolute Gasteiger partial charge is 0.338 e. The summed E-state index contributed by atoms with van der Waals surface area (Å²) in [4.78, 5) is 49.8. The summed E-state index contributed by atoms with van der Waals surface area (Å²) >= 11 is 0. The molecule has 7 nitrogen and oxygen atoms in total. The highest BCUT2D eigenvalue weighted by molar-refractivity contribution is 6.04. The SMILES string of the molecule is CCOC(=O)c1ccc(N2CC(C(=O)Nc3cccc(C(C)=O)c3)CC2=O)cc1. The summed E-state index contributed by atoms with van der Waals surface area (Å²) in [5.41, 5.74) is 2.06. The molecule has 2 aromatic rings. The van der Waals surface area contributed by atoms with Crippen molar-refractivity contribution in [1.29, 1.82) is 0 Å². The summed E-state index contributed by atoms with van der Waals surface area (Å²) in [5, 5.41) is 2.78. The number of carbonyl (C=O) groups is 4. The van der Waals surface area contributed by atoms with Crippen LogP contribution < -0.4 is 10.2 Å². The molecule has 2 amide bonds. The van der Waals surface area contributed by atoms with Crippen LogP contribution in [0, 0.1) is 5.92 Å². The lowest BCUT2D eigenvalue weighted by Gasteiger charge is -2.17. The molecule has 0 aromatic heterocycles. The number of carbonyl (C=O) groups excluding carboxylic acids is 4. The molecule has 3 rings (SSSR count). The lowest BCUT2D eigenvalue weighted by Crippen LogP contribution is -2.28. The minimum Gasteiger partial charge on any atom is -0.462 e. The van der Waals surface area contributed by atoms with Crippen molar-refractivity contribution in [3.63, 3.8) is 0 Å². The summed E-state index contributed by atoms with van der Waals surface area (Å²) < 4.78 is 4.95. The third-order valence-electron chi connectivity index (χ3n) is 4.72. The van der Waals surface area contributed by atoms with Crippen LogP contribution >= 0.6 is 0 Å². The first-order valence-electron chi connectivity index (χ1n) is 9.38. The van der Waals surface area contributed by atoms with Gasteiger partial charge >= 0.3 is 5.97 Å². The minimum absolute atomic E-state index is 0.0883. The Hall–Kier alpha value is -3.48. The number of nitrogens with one attached hydrogen (secondary N) is 1. The second-order valence-electron chi connectivity index (χ2n) is 6.80. The molecule has 1 aliphatic heterocycles. The van der Waals surface area contributed by atoms with Gasteiger partial charge in [0, 0.05) is 29.9 Å². The second kappa shape index (κ2) is 8.68. The molecule has 1 saturated heterocycles. The van der Waals surface area contributed by atoms with Crippen molar-refractivity contribution in [2.75, 3.05) is 23.4 Å². The second-order valence-corrected chi connectivity index (χ2v) is 6.80. The van der Waals surface area contributed by atoms with Crippen LogP contribution in [-0.2, 0) is 14.3 Å². The fourth-order valence-electron chi connectivity index (χ4n) is 3.18. The fourth-order valence-corrected chi connectivity index (χ4v) is 3.18. The van der Waals surface area contributed by atoms with E-state index in [4.69, 9.17) is 4.74 Å². The number of anilines is 2. The Morgan fingerprint density at radius 3 is 2.48 bits per heavy atom. The number of ether oxygens (including phenoxy) is 1. The Morgan fingerprint density at radius 1 is 1.10 bits per heavy atom. The monoisotopic (exact) mass is 394 g/mol. The van der Waals surface area contributed by atoms with Crippen LogP contribution in [0.3, 0.4) is 0 Å². The predicted molar refractivity (Wildman–Crippen MR) is 108 cm³/mol. The maximum atomic E-state index is 12.6. The molecule has 0 aliphatic carbocycles. The van der Waals surface area contributed by atoms with Gasteiger partial charge in [0.25, 0.3) is 0 Å². The number of amides is 2. The number of hydrogen-bond acceptors (Lipinski definition) is 5. The molecule has 0 radical (unpaired) electrons. The van der Waals surface area contributed by atoms with E-state index in [9.17, 15) is 19.2 Å². The van der Waals surface area contributed by atoms with Crippen LogP contribution in [0.4, 0.5) is 11.4 Å². The number of esters is 1. The van der Waals surface area contributed by atoms with Crippen molar-refractivity contribution in [3.8, 4) is 0 Å². The summed E-state index contributed by atoms with van der Waals surface area (Å²) in [6, 6.07) is 13.2. The normalized spacial score (nSPS) is 15.9. The fraction of sp³-hybridized carbons (Fsp3) is 0.273. The number of ketones is 1. The Balaban J connectivity index is 1.66. The topological polar surface area (TPSA) is 92.8 Å². The third kappa shape index (κ3) is 4.68. The average Bonchev–Trinajstić information content (AvgIpc) is 3.10. The van der Waals surface area contributed by atoms with Crippen molar-refractivity contribution in [2.45, 2.75) is 20.3 Å². The highest BCUT2D eigenvalue weighted by Crippen LogP contribution is 2.26. The third-order valence-corrected chi connectivity index (χ3v) is 4.72. The molecule has 7 heteroatoms. The molecule has 1 unspecified atom stereocenters. The molecule has 0 saturated carbocycles. The van der Waals surface area contributed by atoms with Gasteiger partial charge in [-0.2, -0.15) is 0 Å². The lowest BCUT2D eigenvalue weighted by molar-refractivity contribution is -0.122. The largest absolute Gasteiger partial charge is 0.462 e. The predicted octanol–water partition coefficient (Wildman–Crippen LogP) is 3.06. The van der Waals surface area contributed by atoms with Crippen molar-refractivity contribution >= 4 is 34.9 Å². The number of benzene rings is 2. The molecule has 1 heterocycles. The summed E-state index contributed by atoms with van der Waals surface area (Å²) in [7, 11) is 0. The van der Waals surface area contributed by atoms with Gasteiger partial charge in [0.05, 0.1) is 18.1 Å². The number of Topliss-reactive ketones (excluding diaryl/α,β-unsaturated/α-hetero) is 1. The van der Waals surface area contributed by atoms with Crippen molar-refractivity contribution in [1.82, 2.24) is 0 Å². The first kappa shape index (κ1) is 20.3. The summed E-state index contributed by atoms with van der Waals surface area (Å²) in [6.07, 6.45) is 0.0951. The van der Waals surface area contributed by atoms with E-state index in [0.717, 1.165) is 0 Å². The summed E-state index contributed by atoms with van der Waals surface area (Å²) in [5.74, 6) is -1.45. The van der Waals surface area contributed by atoms with Crippen molar-refractivity contribution < 1.29 is 23.9 Å². The highest BCUT2D eigenvalue weighted by Gasteiger charge is 2.35. The molecule has 1 atom stereocenters. The first-order chi connectivity index (χ1) is 13.9. The van der Waals surface area contributed by atoms with E-state index in [0.29, 0.717) is 22.5 Å². The van der Waals surface area contributed by atoms with E-state index in [-0.39, 0.29) is 37.2 Å². The van der Waals surface area contributed by atoms with Gasteiger partial charge in [-0.15, -0.1) is 0 Å². The molecule has 150 valence electrons. The Kier molecular flexibility index (Phi) is 6.07. The van der Waals surface area contributed by atoms with Crippen LogP contribution in [0.15, 0.2) is 48.5 Å². The van der Waals surface area contributed by atoms with E-state index < -0.39 is 11.9 Å². The Bertz CT molecular complexity index is 952. The van der Waals surface area contributed by atoms with Crippen LogP contribution in [-0.4, -0.2) is 36.7 Å². The van der Waals surface area contributed by atoms with Gasteiger partial charge in [-0.25, -0.2) is 4.79 Å². The molecule has 0 spiro atoms. The van der Waals surface area contributed by atoms with Gasteiger partial charge in [-0.1, -0.05) is 12.1 Å². The molecule has 1 N–H and O–H groups in total. The van der Waals surface area contributed by atoms with E-state index in [2.05, 4.69) is 5.32 Å². The van der Waals surface area contributed by atoms with E-state index in [1.165, 1.54) is 11.8 Å². The average molecular weight is 394 g/mol. The van der Waals surface area contributed by atoms with Crippen LogP contribution in [0.2, 0.25) is 0 Å². The minimum atomic E-state index is -0.506. The number of nitrogens with zero attached hydrogens (tertiary/aromatic N) is 1. The van der Waals surface area contributed by atoms with Gasteiger partial charge in [-0.3, -0.25) is 14.4 Å². The molecule has 1 fully saturated rings. The first-order valence-corrected chi connectivity index (χ1v) is 9.38. The van der Waals surface area contributed by atoms with Gasteiger partial charge in [0.2, 0.25) is 11.8 Å². The number of rotatable bonds is 6. The molecule has 29 heavy (non-hydrogen) atoms. The van der Waals surface area contributed by atoms with Crippen LogP contribution in [0.1, 0.15) is 41.0 Å². The van der Waals surface area contributed by atoms with Crippen LogP contribution in [0.25, 0.3) is 0 Å². The highest BCUT2D eigenvalue weighted by atomic mass is 16.5. The van der Waals surface area contributed by atoms with Gasteiger partial charge in [0.15, 0.2) is 5.78 Å². The Labute approximate surface area is 168 Å². The van der Waals surface area contributed by atoms with Gasteiger partial charge < -0.3 is 15.0 Å². The molecular formula is C22H22N2O5. The molecule has 0 bridgehead atoms. The van der Waals surface area contributed by atoms with Gasteiger partial charge in [-0.05, 0) is 50.2 Å². The quantitative estimate of drug-likeness (QED) is 0.600. The lowest BCUT2D eigenvalue weighted by atomic mass is 10.1. The zero-order valence-corrected chi connectivity index (χ0v) is 16.3. The Morgan fingerprint density at radius 2 is 1.83 bits per heavy atom. The number of hydrogen-bond donors (Lipinski definition) is 1. The van der Waals surface area contributed by atoms with E-state index in [1.54, 1.807) is 55.5 Å². The van der Waals surface area contributed by atoms with Crippen molar-refractivity contribution in [2.24, 2.45) is 5.92 Å². The van der Waals surface area contributed by atoms with Gasteiger partial charge in [0.1, 0.15) is 0 Å². The maximum Gasteiger partial charge on any atom is 0.338 e. The van der Waals surface area contributed by atoms with E-state index >= 15 is 0 Å². The molecule has 2 aromatic carbocycles. The zero-order valence-electron chi connectivity index (χ0n) is 16.3. The molecule has 1 aliphatic rings. The zero-order chi connectivity index (χ0) is 21.0.